The highest BCUT2D eigenvalue weighted by molar-refractivity contribution is 5.97. The molecular weight excluding hydrogens is 272 g/mol. The van der Waals surface area contributed by atoms with Gasteiger partial charge in [0.05, 0.1) is 13.1 Å². The molecule has 0 spiro atoms. The van der Waals surface area contributed by atoms with E-state index in [1.807, 2.05) is 6.92 Å². The molecule has 1 N–H and O–H groups in total. The van der Waals surface area contributed by atoms with Crippen molar-refractivity contribution in [3.63, 3.8) is 0 Å². The molecule has 2 heterocycles. The molecular formula is C15H22N2O4. The van der Waals surface area contributed by atoms with Crippen LogP contribution in [-0.4, -0.2) is 41.3 Å². The molecule has 0 aliphatic carbocycles. The predicted octanol–water partition coefficient (Wildman–Crippen LogP) is 1.77. The van der Waals surface area contributed by atoms with Gasteiger partial charge in [-0.2, -0.15) is 0 Å². The number of rotatable bonds is 0. The van der Waals surface area contributed by atoms with Crippen LogP contribution in [0, 0.1) is 0 Å². The summed E-state index contributed by atoms with van der Waals surface area (Å²) in [4.78, 5) is 34.2. The van der Waals surface area contributed by atoms with Gasteiger partial charge in [0.1, 0.15) is 5.60 Å². The molecule has 2 aliphatic rings. The summed E-state index contributed by atoms with van der Waals surface area (Å²) in [6.07, 6.45) is 2.60. The maximum atomic E-state index is 11.5. The quantitative estimate of drug-likeness (QED) is 0.737. The number of carbonyl (C=O) groups excluding carboxylic acids is 3. The molecule has 0 radical (unpaired) electrons. The minimum atomic E-state index is -0.525. The second kappa shape index (κ2) is 6.56. The van der Waals surface area contributed by atoms with Crippen molar-refractivity contribution in [2.24, 2.45) is 0 Å². The van der Waals surface area contributed by atoms with E-state index >= 15 is 0 Å². The zero-order valence-corrected chi connectivity index (χ0v) is 13.1. The van der Waals surface area contributed by atoms with E-state index in [2.05, 4.69) is 5.32 Å². The Morgan fingerprint density at radius 2 is 1.81 bits per heavy atom. The molecule has 0 aromatic heterocycles. The second-order valence-electron chi connectivity index (χ2n) is 5.97. The molecule has 0 saturated heterocycles. The highest BCUT2D eigenvalue weighted by Crippen LogP contribution is 2.16. The number of nitrogens with zero attached hydrogens (tertiary/aromatic N) is 1. The van der Waals surface area contributed by atoms with Crippen LogP contribution < -0.4 is 5.32 Å². The maximum absolute atomic E-state index is 11.5. The van der Waals surface area contributed by atoms with Crippen LogP contribution in [0.2, 0.25) is 0 Å². The van der Waals surface area contributed by atoms with Gasteiger partial charge in [0.15, 0.2) is 11.6 Å². The fourth-order valence-electron chi connectivity index (χ4n) is 1.73. The van der Waals surface area contributed by atoms with Gasteiger partial charge in [-0.15, -0.1) is 0 Å². The summed E-state index contributed by atoms with van der Waals surface area (Å²) in [6.45, 7) is 9.57. The molecule has 21 heavy (non-hydrogen) atoms. The number of ether oxygens (including phenoxy) is 1. The number of amides is 1. The van der Waals surface area contributed by atoms with Gasteiger partial charge in [0.25, 0.3) is 0 Å². The van der Waals surface area contributed by atoms with Crippen molar-refractivity contribution in [3.05, 3.63) is 23.5 Å². The largest absolute Gasteiger partial charge is 0.443 e. The van der Waals surface area contributed by atoms with Crippen molar-refractivity contribution in [2.45, 2.75) is 40.2 Å². The van der Waals surface area contributed by atoms with Crippen molar-refractivity contribution < 1.29 is 19.1 Å². The number of ketones is 2. The summed E-state index contributed by atoms with van der Waals surface area (Å²) in [5, 5.41) is 2.88. The lowest BCUT2D eigenvalue weighted by atomic mass is 10.2. The van der Waals surface area contributed by atoms with Crippen LogP contribution in [0.5, 0.6) is 0 Å². The van der Waals surface area contributed by atoms with Crippen LogP contribution in [-0.2, 0) is 14.3 Å². The van der Waals surface area contributed by atoms with Crippen molar-refractivity contribution >= 4 is 17.7 Å². The Kier molecular flexibility index (Phi) is 5.29. The molecule has 0 saturated carbocycles. The number of hydrogen-bond donors (Lipinski definition) is 1. The molecule has 0 unspecified atom stereocenters. The summed E-state index contributed by atoms with van der Waals surface area (Å²) in [6, 6.07) is 0. The highest BCUT2D eigenvalue weighted by atomic mass is 16.6. The maximum Gasteiger partial charge on any atom is 0.414 e. The van der Waals surface area contributed by atoms with E-state index in [0.29, 0.717) is 12.2 Å². The monoisotopic (exact) mass is 294 g/mol. The fraction of sp³-hybridized carbons (Fsp3) is 0.533. The summed E-state index contributed by atoms with van der Waals surface area (Å²) >= 11 is 0. The van der Waals surface area contributed by atoms with Gasteiger partial charge in [-0.3, -0.25) is 14.5 Å². The third-order valence-electron chi connectivity index (χ3n) is 2.64. The lowest BCUT2D eigenvalue weighted by Gasteiger charge is -2.24. The van der Waals surface area contributed by atoms with Crippen LogP contribution in [0.15, 0.2) is 23.5 Å². The minimum absolute atomic E-state index is 0.0617. The van der Waals surface area contributed by atoms with Gasteiger partial charge < -0.3 is 10.1 Å². The number of carbonyl (C=O) groups is 3. The Morgan fingerprint density at radius 1 is 1.19 bits per heavy atom. The first-order valence-corrected chi connectivity index (χ1v) is 6.75. The lowest BCUT2D eigenvalue weighted by molar-refractivity contribution is -0.114. The van der Waals surface area contributed by atoms with E-state index in [1.54, 1.807) is 33.8 Å². The van der Waals surface area contributed by atoms with Gasteiger partial charge in [-0.25, -0.2) is 4.79 Å². The molecule has 0 aromatic rings. The predicted molar refractivity (Wildman–Crippen MR) is 78.5 cm³/mol. The minimum Gasteiger partial charge on any atom is -0.443 e. The van der Waals surface area contributed by atoms with Crippen LogP contribution in [0.25, 0.3) is 0 Å². The molecule has 0 fully saturated rings. The molecule has 6 nitrogen and oxygen atoms in total. The zero-order chi connectivity index (χ0) is 16.2. The SMILES string of the molecule is CC1=CC(=O)CN1.CC1=CC(=O)CN1C(=O)OC(C)(C)C. The molecule has 0 aromatic carbocycles. The van der Waals surface area contributed by atoms with Gasteiger partial charge in [-0.1, -0.05) is 0 Å². The van der Waals surface area contributed by atoms with Gasteiger partial charge >= 0.3 is 6.09 Å². The smallest absolute Gasteiger partial charge is 0.414 e. The third kappa shape index (κ3) is 5.81. The number of hydrogen-bond acceptors (Lipinski definition) is 5. The van der Waals surface area contributed by atoms with Crippen LogP contribution in [0.3, 0.4) is 0 Å². The summed E-state index contributed by atoms with van der Waals surface area (Å²) < 4.78 is 5.13. The van der Waals surface area contributed by atoms with E-state index in [1.165, 1.54) is 11.0 Å². The first-order chi connectivity index (χ1) is 9.58. The van der Waals surface area contributed by atoms with Gasteiger partial charge in [0, 0.05) is 23.5 Å². The molecule has 6 heteroatoms. The van der Waals surface area contributed by atoms with E-state index < -0.39 is 11.7 Å². The summed E-state index contributed by atoms with van der Waals surface area (Å²) in [7, 11) is 0. The lowest BCUT2D eigenvalue weighted by Crippen LogP contribution is -2.35. The Labute approximate surface area is 124 Å². The standard InChI is InChI=1S/C10H15NO3.C5H7NO/c1-7-5-8(12)6-11(7)9(13)14-10(2,3)4;1-4-2-5(7)3-6-4/h5H,6H2,1-4H3;2,6H,3H2,1H3. The van der Waals surface area contributed by atoms with Crippen molar-refractivity contribution in [2.75, 3.05) is 13.1 Å². The molecule has 2 rings (SSSR count). The fourth-order valence-corrected chi connectivity index (χ4v) is 1.73. The highest BCUT2D eigenvalue weighted by Gasteiger charge is 2.28. The topological polar surface area (TPSA) is 75.7 Å². The Hall–Kier alpha value is -2.11. The molecule has 116 valence electrons. The van der Waals surface area contributed by atoms with E-state index in [0.717, 1.165) is 5.70 Å². The molecule has 0 atom stereocenters. The normalized spacial score (nSPS) is 17.7. The number of nitrogens with one attached hydrogen (secondary N) is 1. The van der Waals surface area contributed by atoms with E-state index in [9.17, 15) is 14.4 Å². The van der Waals surface area contributed by atoms with Crippen molar-refractivity contribution in [1.82, 2.24) is 10.2 Å². The Balaban J connectivity index is 0.000000262. The number of allylic oxidation sites excluding steroid dienone is 2. The average molecular weight is 294 g/mol. The van der Waals surface area contributed by atoms with Crippen LogP contribution in [0.4, 0.5) is 4.79 Å². The first kappa shape index (κ1) is 16.9. The van der Waals surface area contributed by atoms with E-state index in [-0.39, 0.29) is 18.1 Å². The first-order valence-electron chi connectivity index (χ1n) is 6.75. The Morgan fingerprint density at radius 3 is 2.10 bits per heavy atom. The van der Waals surface area contributed by atoms with Crippen LogP contribution in [0.1, 0.15) is 34.6 Å². The average Bonchev–Trinajstić information content (AvgIpc) is 2.83. The third-order valence-corrected chi connectivity index (χ3v) is 2.64. The van der Waals surface area contributed by atoms with Gasteiger partial charge in [-0.05, 0) is 34.6 Å². The molecule has 2 aliphatic heterocycles. The molecule has 0 bridgehead atoms. The second-order valence-corrected chi connectivity index (χ2v) is 5.97. The molecule has 1 amide bonds. The summed E-state index contributed by atoms with van der Waals surface area (Å²) in [5.74, 6) is 0.117. The van der Waals surface area contributed by atoms with Crippen molar-refractivity contribution in [1.29, 1.82) is 0 Å². The van der Waals surface area contributed by atoms with Gasteiger partial charge in [0.2, 0.25) is 0 Å². The Bertz CT molecular complexity index is 512. The van der Waals surface area contributed by atoms with E-state index in [4.69, 9.17) is 4.74 Å². The van der Waals surface area contributed by atoms with Crippen molar-refractivity contribution in [3.8, 4) is 0 Å². The zero-order valence-electron chi connectivity index (χ0n) is 13.1. The summed E-state index contributed by atoms with van der Waals surface area (Å²) in [5.41, 5.74) is 1.09. The van der Waals surface area contributed by atoms with Crippen LogP contribution >= 0.6 is 0 Å².